The van der Waals surface area contributed by atoms with Gasteiger partial charge in [0.05, 0.1) is 11.5 Å². The molecule has 0 radical (unpaired) electrons. The second kappa shape index (κ2) is 22.4. The molecule has 260 valence electrons. The molecular weight excluding hydrogens is 600 g/mol. The van der Waals surface area contributed by atoms with Crippen LogP contribution >= 0.6 is 0 Å². The Balaban J connectivity index is 1.25. The zero-order valence-corrected chi connectivity index (χ0v) is 28.9. The predicted molar refractivity (Wildman–Crippen MR) is 197 cm³/mol. The third kappa shape index (κ3) is 14.3. The number of phenolic OH excluding ortho intramolecular Hbond substituents is 1. The van der Waals surface area contributed by atoms with E-state index in [0.29, 0.717) is 30.5 Å². The quantitative estimate of drug-likeness (QED) is 0.0566. The van der Waals surface area contributed by atoms with E-state index < -0.39 is 11.9 Å². The Labute approximate surface area is 287 Å². The van der Waals surface area contributed by atoms with E-state index in [1.54, 1.807) is 24.3 Å². The first-order chi connectivity index (χ1) is 23.4. The Morgan fingerprint density at radius 1 is 0.750 bits per heavy atom. The fourth-order valence-corrected chi connectivity index (χ4v) is 5.98. The average molecular weight is 657 g/mol. The van der Waals surface area contributed by atoms with Crippen molar-refractivity contribution in [3.63, 3.8) is 0 Å². The van der Waals surface area contributed by atoms with Gasteiger partial charge in [-0.1, -0.05) is 132 Å². The van der Waals surface area contributed by atoms with Gasteiger partial charge in [0.2, 0.25) is 5.91 Å². The van der Waals surface area contributed by atoms with Gasteiger partial charge in [0.1, 0.15) is 5.75 Å². The van der Waals surface area contributed by atoms with Crippen molar-refractivity contribution in [1.82, 2.24) is 5.32 Å². The van der Waals surface area contributed by atoms with Crippen LogP contribution in [-0.2, 0) is 16.0 Å². The fraction of sp³-hybridized carbons (Fsp3) is 0.488. The number of carbonyl (C=O) groups is 3. The molecule has 7 nitrogen and oxygen atoms in total. The minimum atomic E-state index is -0.920. The first-order valence-electron chi connectivity index (χ1n) is 18.1. The van der Waals surface area contributed by atoms with Gasteiger partial charge in [0.15, 0.2) is 0 Å². The van der Waals surface area contributed by atoms with Crippen molar-refractivity contribution in [3.8, 4) is 5.75 Å². The van der Waals surface area contributed by atoms with Crippen LogP contribution in [0.2, 0.25) is 0 Å². The van der Waals surface area contributed by atoms with Gasteiger partial charge in [-0.2, -0.15) is 0 Å². The van der Waals surface area contributed by atoms with E-state index >= 15 is 0 Å². The summed E-state index contributed by atoms with van der Waals surface area (Å²) in [5, 5.41) is 27.4. The van der Waals surface area contributed by atoms with Crippen molar-refractivity contribution in [2.24, 2.45) is 5.92 Å². The third-order valence-corrected chi connectivity index (χ3v) is 8.93. The van der Waals surface area contributed by atoms with Crippen molar-refractivity contribution in [2.75, 3.05) is 11.9 Å². The highest BCUT2D eigenvalue weighted by Crippen LogP contribution is 2.28. The zero-order chi connectivity index (χ0) is 34.4. The van der Waals surface area contributed by atoms with E-state index in [0.717, 1.165) is 30.2 Å². The van der Waals surface area contributed by atoms with Gasteiger partial charge in [0, 0.05) is 24.0 Å². The summed E-state index contributed by atoms with van der Waals surface area (Å²) in [4.78, 5) is 37.1. The second-order valence-corrected chi connectivity index (χ2v) is 12.9. The van der Waals surface area contributed by atoms with Gasteiger partial charge >= 0.3 is 5.97 Å². The van der Waals surface area contributed by atoms with Crippen molar-refractivity contribution in [2.45, 2.75) is 116 Å². The summed E-state index contributed by atoms with van der Waals surface area (Å²) in [7, 11) is 0. The lowest BCUT2D eigenvalue weighted by atomic mass is 9.96. The number of amides is 2. The summed E-state index contributed by atoms with van der Waals surface area (Å²) in [6.45, 7) is 2.61. The molecule has 0 saturated carbocycles. The predicted octanol–water partition coefficient (Wildman–Crippen LogP) is 9.97. The summed E-state index contributed by atoms with van der Waals surface area (Å²) < 4.78 is 0. The minimum absolute atomic E-state index is 0.0283. The number of carboxylic acid groups (broad SMARTS) is 1. The molecule has 0 spiro atoms. The molecule has 3 aromatic carbocycles. The van der Waals surface area contributed by atoms with Crippen LogP contribution in [0.15, 0.2) is 72.8 Å². The minimum Gasteiger partial charge on any atom is -0.506 e. The molecule has 4 N–H and O–H groups in total. The Bertz CT molecular complexity index is 1430. The van der Waals surface area contributed by atoms with Gasteiger partial charge in [-0.05, 0) is 61.3 Å². The van der Waals surface area contributed by atoms with Crippen LogP contribution in [0.4, 0.5) is 5.69 Å². The van der Waals surface area contributed by atoms with Crippen molar-refractivity contribution >= 4 is 34.2 Å². The number of unbranched alkanes of at least 4 members (excludes halogenated alkanes) is 12. The van der Waals surface area contributed by atoms with Crippen molar-refractivity contribution < 1.29 is 24.6 Å². The highest BCUT2D eigenvalue weighted by Gasteiger charge is 2.21. The highest BCUT2D eigenvalue weighted by atomic mass is 16.4. The van der Waals surface area contributed by atoms with Gasteiger partial charge in [-0.3, -0.25) is 14.4 Å². The fourth-order valence-electron chi connectivity index (χ4n) is 5.98. The molecular formula is C41H56N2O5. The molecule has 48 heavy (non-hydrogen) atoms. The highest BCUT2D eigenvalue weighted by molar-refractivity contribution is 6.03. The summed E-state index contributed by atoms with van der Waals surface area (Å²) in [6.07, 6.45) is 22.6. The summed E-state index contributed by atoms with van der Waals surface area (Å²) in [5.41, 5.74) is 1.82. The molecule has 0 aliphatic rings. The maximum absolute atomic E-state index is 12.7. The maximum Gasteiger partial charge on any atom is 0.307 e. The number of phenols is 1. The van der Waals surface area contributed by atoms with Crippen LogP contribution in [0.25, 0.3) is 10.8 Å². The number of hydrogen-bond acceptors (Lipinski definition) is 4. The average Bonchev–Trinajstić information content (AvgIpc) is 3.08. The number of aliphatic carboxylic acids is 1. The molecule has 3 rings (SSSR count). The molecule has 0 bridgehead atoms. The second-order valence-electron chi connectivity index (χ2n) is 12.9. The topological polar surface area (TPSA) is 116 Å². The molecule has 0 saturated heterocycles. The van der Waals surface area contributed by atoms with E-state index in [1.807, 2.05) is 36.4 Å². The van der Waals surface area contributed by atoms with Crippen LogP contribution in [0.5, 0.6) is 5.75 Å². The molecule has 2 amide bonds. The van der Waals surface area contributed by atoms with Crippen LogP contribution in [0, 0.1) is 5.92 Å². The van der Waals surface area contributed by atoms with Gasteiger partial charge in [0.25, 0.3) is 5.91 Å². The molecule has 7 heteroatoms. The Morgan fingerprint density at radius 2 is 1.38 bits per heavy atom. The number of nitrogens with one attached hydrogen (secondary N) is 2. The molecule has 0 heterocycles. The third-order valence-electron chi connectivity index (χ3n) is 8.93. The molecule has 0 aromatic heterocycles. The SMILES string of the molecule is CCCC/C=C/CCCCCCCCCCCCC(CC(=O)Nc1ccc(CCNC(=O)c2ccc3ccccc3c2O)cc1)C(=O)O. The van der Waals surface area contributed by atoms with Crippen LogP contribution < -0.4 is 10.6 Å². The number of carbonyl (C=O) groups excluding carboxylic acids is 2. The van der Waals surface area contributed by atoms with Crippen LogP contribution in [0.1, 0.15) is 126 Å². The van der Waals surface area contributed by atoms with E-state index in [2.05, 4.69) is 29.7 Å². The number of fused-ring (bicyclic) bond motifs is 1. The normalized spacial score (nSPS) is 11.9. The Hall–Kier alpha value is -4.13. The van der Waals surface area contributed by atoms with Crippen LogP contribution in [-0.4, -0.2) is 34.5 Å². The van der Waals surface area contributed by atoms with E-state index in [4.69, 9.17) is 0 Å². The lowest BCUT2D eigenvalue weighted by Gasteiger charge is -2.13. The number of carboxylic acids is 1. The zero-order valence-electron chi connectivity index (χ0n) is 28.9. The van der Waals surface area contributed by atoms with Gasteiger partial charge < -0.3 is 20.8 Å². The van der Waals surface area contributed by atoms with Crippen LogP contribution in [0.3, 0.4) is 0 Å². The van der Waals surface area contributed by atoms with Crippen molar-refractivity contribution in [1.29, 1.82) is 0 Å². The first kappa shape index (κ1) is 38.3. The number of hydrogen-bond donors (Lipinski definition) is 4. The molecule has 0 aliphatic heterocycles. The lowest BCUT2D eigenvalue weighted by molar-refractivity contribution is -0.143. The summed E-state index contributed by atoms with van der Waals surface area (Å²) in [6, 6.07) is 18.1. The number of rotatable bonds is 24. The first-order valence-corrected chi connectivity index (χ1v) is 18.1. The number of allylic oxidation sites excluding steroid dienone is 2. The standard InChI is InChI=1S/C41H56N2O5/c1-2-3-4-5-6-7-8-9-10-11-12-13-14-15-16-17-21-34(41(47)48)31-38(44)43-35-26-23-32(24-27-35)29-30-42-40(46)37-28-25-33-20-18-19-22-36(33)39(37)45/h5-6,18-20,22-28,34,45H,2-4,7-17,21,29-31H2,1H3,(H,42,46)(H,43,44)(H,47,48)/b6-5+. The summed E-state index contributed by atoms with van der Waals surface area (Å²) >= 11 is 0. The van der Waals surface area contributed by atoms with E-state index in [1.165, 1.54) is 70.6 Å². The number of aromatic hydroxyl groups is 1. The van der Waals surface area contributed by atoms with E-state index in [9.17, 15) is 24.6 Å². The van der Waals surface area contributed by atoms with Gasteiger partial charge in [-0.25, -0.2) is 0 Å². The number of anilines is 1. The molecule has 1 unspecified atom stereocenters. The maximum atomic E-state index is 12.7. The van der Waals surface area contributed by atoms with Gasteiger partial charge in [-0.15, -0.1) is 0 Å². The summed E-state index contributed by atoms with van der Waals surface area (Å²) in [5.74, 6) is -2.27. The molecule has 1 atom stereocenters. The van der Waals surface area contributed by atoms with Crippen molar-refractivity contribution in [3.05, 3.63) is 83.9 Å². The molecule has 3 aromatic rings. The monoisotopic (exact) mass is 656 g/mol. The largest absolute Gasteiger partial charge is 0.506 e. The number of benzene rings is 3. The Morgan fingerprint density at radius 3 is 2.04 bits per heavy atom. The smallest absolute Gasteiger partial charge is 0.307 e. The van der Waals surface area contributed by atoms with E-state index in [-0.39, 0.29) is 29.5 Å². The lowest BCUT2D eigenvalue weighted by Crippen LogP contribution is -2.25. The molecule has 0 fully saturated rings. The molecule has 0 aliphatic carbocycles. The Kier molecular flexibility index (Phi) is 17.9.